The van der Waals surface area contributed by atoms with Crippen LogP contribution in [0.5, 0.6) is 0 Å². The summed E-state index contributed by atoms with van der Waals surface area (Å²) in [5.74, 6) is -0.0660. The first-order valence-corrected chi connectivity index (χ1v) is 10.3. The second-order valence-corrected chi connectivity index (χ2v) is 8.70. The van der Waals surface area contributed by atoms with Crippen molar-refractivity contribution in [2.45, 2.75) is 18.9 Å². The molecule has 0 spiro atoms. The zero-order valence-electron chi connectivity index (χ0n) is 13.7. The van der Waals surface area contributed by atoms with E-state index in [2.05, 4.69) is 4.90 Å². The fraction of sp³-hybridized carbons (Fsp3) is 0.562. The fourth-order valence-electron chi connectivity index (χ4n) is 3.45. The Morgan fingerprint density at radius 1 is 1.17 bits per heavy atom. The molecule has 0 aliphatic carbocycles. The lowest BCUT2D eigenvalue weighted by Gasteiger charge is -2.38. The highest BCUT2D eigenvalue weighted by molar-refractivity contribution is 7.88. The van der Waals surface area contributed by atoms with Gasteiger partial charge in [-0.2, -0.15) is 4.31 Å². The van der Waals surface area contributed by atoms with E-state index in [4.69, 9.17) is 11.6 Å². The van der Waals surface area contributed by atoms with Crippen molar-refractivity contribution in [3.8, 4) is 0 Å². The third kappa shape index (κ3) is 3.68. The number of sulfonamides is 1. The van der Waals surface area contributed by atoms with Crippen LogP contribution in [0.4, 0.5) is 5.69 Å². The average Bonchev–Trinajstić information content (AvgIpc) is 3.04. The van der Waals surface area contributed by atoms with Crippen molar-refractivity contribution in [3.63, 3.8) is 0 Å². The Labute approximate surface area is 148 Å². The van der Waals surface area contributed by atoms with Gasteiger partial charge in [0, 0.05) is 43.4 Å². The lowest BCUT2D eigenvalue weighted by Crippen LogP contribution is -2.54. The number of hydrogen-bond acceptors (Lipinski definition) is 4. The normalized spacial score (nSPS) is 22.8. The Morgan fingerprint density at radius 3 is 2.50 bits per heavy atom. The van der Waals surface area contributed by atoms with Gasteiger partial charge in [0.1, 0.15) is 6.04 Å². The highest BCUT2D eigenvalue weighted by Gasteiger charge is 2.39. The summed E-state index contributed by atoms with van der Waals surface area (Å²) < 4.78 is 25.0. The molecule has 132 valence electrons. The number of piperazine rings is 1. The van der Waals surface area contributed by atoms with Crippen LogP contribution in [0.2, 0.25) is 5.02 Å². The van der Waals surface area contributed by atoms with Crippen LogP contribution in [0.1, 0.15) is 12.8 Å². The molecule has 3 rings (SSSR count). The summed E-state index contributed by atoms with van der Waals surface area (Å²) in [5, 5.41) is 0.695. The minimum Gasteiger partial charge on any atom is -0.368 e. The molecule has 1 aromatic rings. The van der Waals surface area contributed by atoms with Gasteiger partial charge in [-0.3, -0.25) is 4.79 Å². The lowest BCUT2D eigenvalue weighted by molar-refractivity contribution is -0.134. The maximum Gasteiger partial charge on any atom is 0.241 e. The topological polar surface area (TPSA) is 60.9 Å². The van der Waals surface area contributed by atoms with Crippen molar-refractivity contribution < 1.29 is 13.2 Å². The SMILES string of the molecule is CS(=O)(=O)N1CCCC1C(=O)N1CCN(c2cccc(Cl)c2)CC1. The number of hydrogen-bond donors (Lipinski definition) is 0. The van der Waals surface area contributed by atoms with E-state index >= 15 is 0 Å². The van der Waals surface area contributed by atoms with E-state index in [0.29, 0.717) is 31.1 Å². The highest BCUT2D eigenvalue weighted by Crippen LogP contribution is 2.24. The van der Waals surface area contributed by atoms with Crippen LogP contribution < -0.4 is 4.90 Å². The molecule has 2 aliphatic heterocycles. The number of anilines is 1. The Bertz CT molecular complexity index is 717. The van der Waals surface area contributed by atoms with Gasteiger partial charge in [0.25, 0.3) is 0 Å². The zero-order valence-corrected chi connectivity index (χ0v) is 15.3. The van der Waals surface area contributed by atoms with E-state index in [1.54, 1.807) is 4.90 Å². The van der Waals surface area contributed by atoms with Crippen molar-refractivity contribution in [2.24, 2.45) is 0 Å². The minimum atomic E-state index is -3.33. The third-order valence-corrected chi connectivity index (χ3v) is 6.20. The first kappa shape index (κ1) is 17.5. The number of carbonyl (C=O) groups excluding carboxylic acids is 1. The van der Waals surface area contributed by atoms with Crippen molar-refractivity contribution in [3.05, 3.63) is 29.3 Å². The summed E-state index contributed by atoms with van der Waals surface area (Å²) in [6.07, 6.45) is 2.53. The third-order valence-electron chi connectivity index (χ3n) is 4.68. The van der Waals surface area contributed by atoms with E-state index in [9.17, 15) is 13.2 Å². The monoisotopic (exact) mass is 371 g/mol. The lowest BCUT2D eigenvalue weighted by atomic mass is 10.1. The summed E-state index contributed by atoms with van der Waals surface area (Å²) in [7, 11) is -3.33. The van der Waals surface area contributed by atoms with E-state index in [-0.39, 0.29) is 5.91 Å². The Balaban J connectivity index is 1.63. The summed E-state index contributed by atoms with van der Waals surface area (Å²) in [5.41, 5.74) is 1.05. The first-order valence-electron chi connectivity index (χ1n) is 8.12. The molecule has 2 aliphatic rings. The van der Waals surface area contributed by atoms with Crippen LogP contribution in [-0.4, -0.2) is 68.6 Å². The molecular weight excluding hydrogens is 350 g/mol. The van der Waals surface area contributed by atoms with Gasteiger partial charge in [-0.25, -0.2) is 8.42 Å². The molecule has 8 heteroatoms. The molecule has 0 aromatic heterocycles. The first-order chi connectivity index (χ1) is 11.4. The number of amides is 1. The Kier molecular flexibility index (Phi) is 5.03. The van der Waals surface area contributed by atoms with Gasteiger partial charge in [0.15, 0.2) is 0 Å². The molecular formula is C16H22ClN3O3S. The van der Waals surface area contributed by atoms with Crippen LogP contribution in [0, 0.1) is 0 Å². The van der Waals surface area contributed by atoms with Crippen LogP contribution in [0.25, 0.3) is 0 Å². The second-order valence-electron chi connectivity index (χ2n) is 6.32. The predicted molar refractivity (Wildman–Crippen MR) is 94.8 cm³/mol. The van der Waals surface area contributed by atoms with Crippen molar-refractivity contribution >= 4 is 33.2 Å². The molecule has 0 bridgehead atoms. The summed E-state index contributed by atoms with van der Waals surface area (Å²) in [4.78, 5) is 16.7. The molecule has 1 aromatic carbocycles. The molecule has 1 amide bonds. The molecule has 0 radical (unpaired) electrons. The Morgan fingerprint density at radius 2 is 1.88 bits per heavy atom. The molecule has 2 heterocycles. The van der Waals surface area contributed by atoms with Crippen LogP contribution in [-0.2, 0) is 14.8 Å². The number of benzene rings is 1. The quantitative estimate of drug-likeness (QED) is 0.806. The predicted octanol–water partition coefficient (Wildman–Crippen LogP) is 1.41. The zero-order chi connectivity index (χ0) is 17.3. The minimum absolute atomic E-state index is 0.0660. The number of nitrogens with zero attached hydrogens (tertiary/aromatic N) is 3. The number of rotatable bonds is 3. The summed E-state index contributed by atoms with van der Waals surface area (Å²) in [6, 6.07) is 7.15. The number of carbonyl (C=O) groups is 1. The number of halogens is 1. The van der Waals surface area contributed by atoms with Gasteiger partial charge in [0.2, 0.25) is 15.9 Å². The van der Waals surface area contributed by atoms with Gasteiger partial charge in [-0.15, -0.1) is 0 Å². The van der Waals surface area contributed by atoms with E-state index in [0.717, 1.165) is 25.2 Å². The highest BCUT2D eigenvalue weighted by atomic mass is 35.5. The Hall–Kier alpha value is -1.31. The van der Waals surface area contributed by atoms with Crippen LogP contribution >= 0.6 is 11.6 Å². The summed E-state index contributed by atoms with van der Waals surface area (Å²) >= 11 is 6.03. The van der Waals surface area contributed by atoms with E-state index < -0.39 is 16.1 Å². The maximum atomic E-state index is 12.7. The van der Waals surface area contributed by atoms with Crippen molar-refractivity contribution in [1.82, 2.24) is 9.21 Å². The molecule has 1 unspecified atom stereocenters. The van der Waals surface area contributed by atoms with Crippen LogP contribution in [0.3, 0.4) is 0 Å². The van der Waals surface area contributed by atoms with Crippen molar-refractivity contribution in [2.75, 3.05) is 43.9 Å². The molecule has 24 heavy (non-hydrogen) atoms. The molecule has 0 saturated carbocycles. The van der Waals surface area contributed by atoms with E-state index in [1.165, 1.54) is 10.6 Å². The molecule has 2 fully saturated rings. The van der Waals surface area contributed by atoms with E-state index in [1.807, 2.05) is 24.3 Å². The van der Waals surface area contributed by atoms with Gasteiger partial charge in [-0.05, 0) is 31.0 Å². The molecule has 0 N–H and O–H groups in total. The van der Waals surface area contributed by atoms with Gasteiger partial charge in [0.05, 0.1) is 6.26 Å². The molecule has 1 atom stereocenters. The van der Waals surface area contributed by atoms with Gasteiger partial charge in [-0.1, -0.05) is 17.7 Å². The largest absolute Gasteiger partial charge is 0.368 e. The molecule has 6 nitrogen and oxygen atoms in total. The standard InChI is InChI=1S/C16H22ClN3O3S/c1-24(22,23)20-7-3-6-15(20)16(21)19-10-8-18(9-11-19)14-5-2-4-13(17)12-14/h2,4-5,12,15H,3,6-11H2,1H3. The van der Waals surface area contributed by atoms with Gasteiger partial charge < -0.3 is 9.80 Å². The maximum absolute atomic E-state index is 12.7. The molecule has 2 saturated heterocycles. The smallest absolute Gasteiger partial charge is 0.241 e. The van der Waals surface area contributed by atoms with Crippen LogP contribution in [0.15, 0.2) is 24.3 Å². The average molecular weight is 372 g/mol. The van der Waals surface area contributed by atoms with Crippen molar-refractivity contribution in [1.29, 1.82) is 0 Å². The summed E-state index contributed by atoms with van der Waals surface area (Å²) in [6.45, 7) is 3.08. The van der Waals surface area contributed by atoms with Gasteiger partial charge >= 0.3 is 0 Å². The fourth-order valence-corrected chi connectivity index (χ4v) is 4.76. The second kappa shape index (κ2) is 6.90.